The summed E-state index contributed by atoms with van der Waals surface area (Å²) in [4.78, 5) is 14.4. The normalized spacial score (nSPS) is 31.8. The van der Waals surface area contributed by atoms with Crippen molar-refractivity contribution in [1.82, 2.24) is 10.2 Å². The van der Waals surface area contributed by atoms with Gasteiger partial charge in [-0.25, -0.2) is 4.79 Å². The number of rotatable bonds is 4. The summed E-state index contributed by atoms with van der Waals surface area (Å²) in [7, 11) is 0. The second kappa shape index (κ2) is 6.75. The van der Waals surface area contributed by atoms with Crippen LogP contribution in [-0.2, 0) is 9.47 Å². The zero-order valence-electron chi connectivity index (χ0n) is 14.0. The van der Waals surface area contributed by atoms with Crippen LogP contribution >= 0.6 is 0 Å². The van der Waals surface area contributed by atoms with Gasteiger partial charge in [0.15, 0.2) is 5.79 Å². The Bertz CT molecular complexity index is 381. The van der Waals surface area contributed by atoms with E-state index in [2.05, 4.69) is 12.2 Å². The fraction of sp³-hybridized carbons (Fsp3) is 0.941. The van der Waals surface area contributed by atoms with Gasteiger partial charge in [0.25, 0.3) is 0 Å². The molecule has 0 aromatic rings. The smallest absolute Gasteiger partial charge is 0.317 e. The van der Waals surface area contributed by atoms with Gasteiger partial charge in [-0.15, -0.1) is 0 Å². The van der Waals surface area contributed by atoms with Crippen LogP contribution in [0.2, 0.25) is 0 Å². The molecule has 2 saturated heterocycles. The van der Waals surface area contributed by atoms with Crippen molar-refractivity contribution in [2.45, 2.75) is 51.7 Å². The molecule has 1 saturated carbocycles. The Morgan fingerprint density at radius 3 is 2.41 bits per heavy atom. The number of carbonyl (C=O) groups is 1. The molecule has 2 aliphatic heterocycles. The largest absolute Gasteiger partial charge is 0.348 e. The summed E-state index contributed by atoms with van der Waals surface area (Å²) in [6.07, 6.45) is 6.10. The summed E-state index contributed by atoms with van der Waals surface area (Å²) in [6.45, 7) is 8.07. The van der Waals surface area contributed by atoms with Crippen LogP contribution in [0.1, 0.15) is 46.0 Å². The number of carbonyl (C=O) groups excluding carboxylic acids is 1. The van der Waals surface area contributed by atoms with Crippen molar-refractivity contribution >= 4 is 6.03 Å². The van der Waals surface area contributed by atoms with Gasteiger partial charge in [-0.1, -0.05) is 19.8 Å². The van der Waals surface area contributed by atoms with Gasteiger partial charge in [-0.2, -0.15) is 0 Å². The highest BCUT2D eigenvalue weighted by Crippen LogP contribution is 2.36. The molecule has 3 rings (SSSR count). The molecular formula is C17H30N2O3. The summed E-state index contributed by atoms with van der Waals surface area (Å²) in [5.41, 5.74) is 0. The minimum atomic E-state index is -0.466. The lowest BCUT2D eigenvalue weighted by Crippen LogP contribution is -2.41. The number of urea groups is 1. The SMILES string of the molecule is CC(CNC(=O)N1CC2CCCCC2C1)CC1(C)OCCO1. The number of nitrogens with one attached hydrogen (secondary N) is 1. The van der Waals surface area contributed by atoms with Crippen LogP contribution < -0.4 is 5.32 Å². The third kappa shape index (κ3) is 3.74. The Morgan fingerprint density at radius 1 is 1.23 bits per heavy atom. The molecule has 3 fully saturated rings. The summed E-state index contributed by atoms with van der Waals surface area (Å²) < 4.78 is 11.3. The molecule has 3 unspecified atom stereocenters. The Morgan fingerprint density at radius 2 is 1.82 bits per heavy atom. The molecule has 3 atom stereocenters. The van der Waals surface area contributed by atoms with E-state index in [1.807, 2.05) is 11.8 Å². The van der Waals surface area contributed by atoms with Crippen molar-refractivity contribution in [1.29, 1.82) is 0 Å². The van der Waals surface area contributed by atoms with E-state index in [0.717, 1.165) is 31.3 Å². The molecule has 2 heterocycles. The fourth-order valence-corrected chi connectivity index (χ4v) is 4.32. The maximum Gasteiger partial charge on any atom is 0.317 e. The lowest BCUT2D eigenvalue weighted by atomic mass is 9.82. The van der Waals surface area contributed by atoms with Crippen molar-refractivity contribution in [2.75, 3.05) is 32.8 Å². The number of hydrogen-bond donors (Lipinski definition) is 1. The number of fused-ring (bicyclic) bond motifs is 1. The topological polar surface area (TPSA) is 50.8 Å². The van der Waals surface area contributed by atoms with Crippen LogP contribution in [0, 0.1) is 17.8 Å². The minimum absolute atomic E-state index is 0.111. The molecule has 3 aliphatic rings. The van der Waals surface area contributed by atoms with Gasteiger partial charge in [0, 0.05) is 26.1 Å². The third-order valence-electron chi connectivity index (χ3n) is 5.48. The molecule has 0 radical (unpaired) electrons. The van der Waals surface area contributed by atoms with Gasteiger partial charge in [-0.05, 0) is 37.5 Å². The first kappa shape index (κ1) is 16.1. The molecule has 5 nitrogen and oxygen atoms in total. The number of likely N-dealkylation sites (tertiary alicyclic amines) is 1. The third-order valence-corrected chi connectivity index (χ3v) is 5.48. The molecule has 22 heavy (non-hydrogen) atoms. The van der Waals surface area contributed by atoms with Gasteiger partial charge >= 0.3 is 6.03 Å². The Labute approximate surface area is 133 Å². The van der Waals surface area contributed by atoms with E-state index >= 15 is 0 Å². The monoisotopic (exact) mass is 310 g/mol. The zero-order valence-corrected chi connectivity index (χ0v) is 14.0. The maximum absolute atomic E-state index is 12.4. The summed E-state index contributed by atoms with van der Waals surface area (Å²) in [6, 6.07) is 0.111. The van der Waals surface area contributed by atoms with E-state index in [9.17, 15) is 4.79 Å². The first-order chi connectivity index (χ1) is 10.6. The highest BCUT2D eigenvalue weighted by molar-refractivity contribution is 5.74. The molecular weight excluding hydrogens is 280 g/mol. The first-order valence-electron chi connectivity index (χ1n) is 8.86. The lowest BCUT2D eigenvalue weighted by molar-refractivity contribution is -0.153. The van der Waals surface area contributed by atoms with Crippen molar-refractivity contribution in [3.05, 3.63) is 0 Å². The summed E-state index contributed by atoms with van der Waals surface area (Å²) in [5.74, 6) is 1.37. The molecule has 0 bridgehead atoms. The first-order valence-corrected chi connectivity index (χ1v) is 8.86. The second-order valence-electron chi connectivity index (χ2n) is 7.54. The van der Waals surface area contributed by atoms with E-state index in [4.69, 9.17) is 9.47 Å². The van der Waals surface area contributed by atoms with Gasteiger partial charge < -0.3 is 19.7 Å². The molecule has 2 amide bonds. The van der Waals surface area contributed by atoms with E-state index in [0.29, 0.717) is 25.7 Å². The van der Waals surface area contributed by atoms with E-state index in [1.165, 1.54) is 25.7 Å². The van der Waals surface area contributed by atoms with Crippen molar-refractivity contribution in [3.63, 3.8) is 0 Å². The van der Waals surface area contributed by atoms with E-state index in [-0.39, 0.29) is 6.03 Å². The lowest BCUT2D eigenvalue weighted by Gasteiger charge is -2.26. The highest BCUT2D eigenvalue weighted by Gasteiger charge is 2.37. The molecule has 0 spiro atoms. The van der Waals surface area contributed by atoms with Gasteiger partial charge in [0.2, 0.25) is 0 Å². The van der Waals surface area contributed by atoms with Crippen LogP contribution in [0.25, 0.3) is 0 Å². The Hall–Kier alpha value is -0.810. The van der Waals surface area contributed by atoms with Gasteiger partial charge in [0.05, 0.1) is 13.2 Å². The van der Waals surface area contributed by atoms with Crippen LogP contribution in [-0.4, -0.2) is 49.6 Å². The van der Waals surface area contributed by atoms with Crippen LogP contribution in [0.5, 0.6) is 0 Å². The Balaban J connectivity index is 1.40. The molecule has 126 valence electrons. The van der Waals surface area contributed by atoms with Gasteiger partial charge in [0.1, 0.15) is 0 Å². The summed E-state index contributed by atoms with van der Waals surface area (Å²) in [5, 5.41) is 3.10. The van der Waals surface area contributed by atoms with Crippen molar-refractivity contribution < 1.29 is 14.3 Å². The van der Waals surface area contributed by atoms with Crippen LogP contribution in [0.3, 0.4) is 0 Å². The van der Waals surface area contributed by atoms with Gasteiger partial charge in [-0.3, -0.25) is 0 Å². The summed E-state index contributed by atoms with van der Waals surface area (Å²) >= 11 is 0. The fourth-order valence-electron chi connectivity index (χ4n) is 4.32. The average molecular weight is 310 g/mol. The number of hydrogen-bond acceptors (Lipinski definition) is 3. The molecule has 0 aromatic carbocycles. The Kier molecular flexibility index (Phi) is 4.93. The second-order valence-corrected chi connectivity index (χ2v) is 7.54. The number of ether oxygens (including phenoxy) is 2. The minimum Gasteiger partial charge on any atom is -0.348 e. The average Bonchev–Trinajstić information content (AvgIpc) is 3.10. The predicted molar refractivity (Wildman–Crippen MR) is 84.5 cm³/mol. The number of nitrogens with zero attached hydrogens (tertiary/aromatic N) is 1. The van der Waals surface area contributed by atoms with Crippen LogP contribution in [0.4, 0.5) is 4.79 Å². The van der Waals surface area contributed by atoms with E-state index in [1.54, 1.807) is 0 Å². The quantitative estimate of drug-likeness (QED) is 0.868. The van der Waals surface area contributed by atoms with Crippen LogP contribution in [0.15, 0.2) is 0 Å². The zero-order chi connectivity index (χ0) is 15.6. The highest BCUT2D eigenvalue weighted by atomic mass is 16.7. The predicted octanol–water partition coefficient (Wildman–Crippen LogP) is 2.61. The molecule has 5 heteroatoms. The van der Waals surface area contributed by atoms with Crippen molar-refractivity contribution in [2.24, 2.45) is 17.8 Å². The van der Waals surface area contributed by atoms with Crippen molar-refractivity contribution in [3.8, 4) is 0 Å². The number of amides is 2. The molecule has 1 N–H and O–H groups in total. The molecule has 1 aliphatic carbocycles. The standard InChI is InChI=1S/C17H30N2O3/c1-13(9-17(2)21-7-8-22-17)10-18-16(20)19-11-14-5-3-4-6-15(14)12-19/h13-15H,3-12H2,1-2H3,(H,18,20). The molecule has 0 aromatic heterocycles. The van der Waals surface area contributed by atoms with E-state index < -0.39 is 5.79 Å². The maximum atomic E-state index is 12.4.